The van der Waals surface area contributed by atoms with Crippen LogP contribution >= 0.6 is 0 Å². The molecule has 0 aliphatic carbocycles. The molecule has 0 spiro atoms. The molecule has 6 heteroatoms. The second kappa shape index (κ2) is 7.86. The van der Waals surface area contributed by atoms with Gasteiger partial charge >= 0.3 is 5.97 Å². The highest BCUT2D eigenvalue weighted by Gasteiger charge is 2.41. The Morgan fingerprint density at radius 3 is 2.79 bits per heavy atom. The summed E-state index contributed by atoms with van der Waals surface area (Å²) >= 11 is 0. The molecule has 1 aliphatic heterocycles. The van der Waals surface area contributed by atoms with E-state index in [1.807, 2.05) is 0 Å². The SMILES string of the molecule is C=CC[C@]1(C(=O)OCC(=O)c2ccccc2F)CCCCC(=O)N1. The number of amides is 1. The monoisotopic (exact) mass is 333 g/mol. The van der Waals surface area contributed by atoms with Crippen LogP contribution in [-0.2, 0) is 14.3 Å². The highest BCUT2D eigenvalue weighted by Crippen LogP contribution is 2.25. The van der Waals surface area contributed by atoms with Crippen molar-refractivity contribution in [2.24, 2.45) is 0 Å². The fourth-order valence-electron chi connectivity index (χ4n) is 2.77. The number of benzene rings is 1. The highest BCUT2D eigenvalue weighted by atomic mass is 19.1. The number of carbonyl (C=O) groups excluding carboxylic acids is 3. The molecule has 1 aliphatic rings. The van der Waals surface area contributed by atoms with E-state index in [1.54, 1.807) is 0 Å². The Balaban J connectivity index is 2.08. The molecule has 0 saturated carbocycles. The van der Waals surface area contributed by atoms with Gasteiger partial charge < -0.3 is 10.1 Å². The number of Topliss-reactive ketones (excluding diaryl/α,β-unsaturated/α-hetero) is 1. The lowest BCUT2D eigenvalue weighted by Crippen LogP contribution is -2.54. The first-order valence-electron chi connectivity index (χ1n) is 7.85. The molecule has 0 radical (unpaired) electrons. The molecule has 1 aromatic carbocycles. The number of nitrogens with one attached hydrogen (secondary N) is 1. The molecule has 0 aromatic heterocycles. The van der Waals surface area contributed by atoms with Crippen LogP contribution in [0.15, 0.2) is 36.9 Å². The van der Waals surface area contributed by atoms with Crippen molar-refractivity contribution in [3.63, 3.8) is 0 Å². The normalized spacial score (nSPS) is 20.6. The van der Waals surface area contributed by atoms with E-state index in [2.05, 4.69) is 11.9 Å². The summed E-state index contributed by atoms with van der Waals surface area (Å²) in [5, 5.41) is 2.70. The zero-order valence-corrected chi connectivity index (χ0v) is 13.3. The molecule has 1 N–H and O–H groups in total. The van der Waals surface area contributed by atoms with Gasteiger partial charge in [0.25, 0.3) is 0 Å². The molecule has 24 heavy (non-hydrogen) atoms. The molecule has 1 heterocycles. The van der Waals surface area contributed by atoms with E-state index in [-0.39, 0.29) is 17.9 Å². The summed E-state index contributed by atoms with van der Waals surface area (Å²) in [6.07, 6.45) is 3.88. The number of ether oxygens (including phenoxy) is 1. The van der Waals surface area contributed by atoms with Crippen LogP contribution < -0.4 is 5.32 Å². The summed E-state index contributed by atoms with van der Waals surface area (Å²) in [4.78, 5) is 36.3. The third kappa shape index (κ3) is 4.07. The first-order chi connectivity index (χ1) is 11.5. The van der Waals surface area contributed by atoms with Gasteiger partial charge in [-0.3, -0.25) is 9.59 Å². The van der Waals surface area contributed by atoms with Crippen LogP contribution in [0, 0.1) is 5.82 Å². The lowest BCUT2D eigenvalue weighted by Gasteiger charge is -2.30. The van der Waals surface area contributed by atoms with E-state index in [0.717, 1.165) is 0 Å². The molecule has 1 saturated heterocycles. The zero-order chi connectivity index (χ0) is 17.6. The van der Waals surface area contributed by atoms with Crippen LogP contribution in [0.4, 0.5) is 4.39 Å². The molecule has 2 rings (SSSR count). The predicted octanol–water partition coefficient (Wildman–Crippen LogP) is 2.56. The van der Waals surface area contributed by atoms with Crippen LogP contribution in [0.1, 0.15) is 42.5 Å². The quantitative estimate of drug-likeness (QED) is 0.493. The number of rotatable bonds is 6. The van der Waals surface area contributed by atoms with Gasteiger partial charge in [-0.05, 0) is 37.8 Å². The second-order valence-electron chi connectivity index (χ2n) is 5.81. The summed E-state index contributed by atoms with van der Waals surface area (Å²) in [5.74, 6) is -2.22. The fourth-order valence-corrected chi connectivity index (χ4v) is 2.77. The smallest absolute Gasteiger partial charge is 0.332 e. The average molecular weight is 333 g/mol. The molecular formula is C18H20FNO4. The minimum Gasteiger partial charge on any atom is -0.456 e. The number of carbonyl (C=O) groups is 3. The summed E-state index contributed by atoms with van der Waals surface area (Å²) < 4.78 is 18.7. The van der Waals surface area contributed by atoms with E-state index in [1.165, 1.54) is 30.3 Å². The summed E-state index contributed by atoms with van der Waals surface area (Å²) in [6, 6.07) is 5.50. The zero-order valence-electron chi connectivity index (χ0n) is 13.3. The molecule has 0 unspecified atom stereocenters. The summed E-state index contributed by atoms with van der Waals surface area (Å²) in [7, 11) is 0. The van der Waals surface area contributed by atoms with Gasteiger partial charge in [0.15, 0.2) is 6.61 Å². The maximum atomic E-state index is 13.6. The van der Waals surface area contributed by atoms with Crippen LogP contribution in [0.5, 0.6) is 0 Å². The largest absolute Gasteiger partial charge is 0.456 e. The molecule has 128 valence electrons. The summed E-state index contributed by atoms with van der Waals surface area (Å²) in [6.45, 7) is 3.04. The Hall–Kier alpha value is -2.50. The van der Waals surface area contributed by atoms with Gasteiger partial charge in [0.05, 0.1) is 5.56 Å². The third-order valence-electron chi connectivity index (χ3n) is 4.03. The van der Waals surface area contributed by atoms with Gasteiger partial charge in [-0.25, -0.2) is 9.18 Å². The van der Waals surface area contributed by atoms with E-state index in [0.29, 0.717) is 25.7 Å². The average Bonchev–Trinajstić information content (AvgIpc) is 2.75. The van der Waals surface area contributed by atoms with Crippen molar-refractivity contribution >= 4 is 17.7 Å². The third-order valence-corrected chi connectivity index (χ3v) is 4.03. The van der Waals surface area contributed by atoms with Crippen molar-refractivity contribution in [1.29, 1.82) is 0 Å². The fraction of sp³-hybridized carbons (Fsp3) is 0.389. The Kier molecular flexibility index (Phi) is 5.84. The van der Waals surface area contributed by atoms with Crippen molar-refractivity contribution < 1.29 is 23.5 Å². The Bertz CT molecular complexity index is 658. The van der Waals surface area contributed by atoms with E-state index < -0.39 is 29.7 Å². The van der Waals surface area contributed by atoms with Crippen molar-refractivity contribution in [2.75, 3.05) is 6.61 Å². The molecule has 1 amide bonds. The summed E-state index contributed by atoms with van der Waals surface area (Å²) in [5.41, 5.74) is -1.34. The molecule has 0 bridgehead atoms. The lowest BCUT2D eigenvalue weighted by molar-refractivity contribution is -0.152. The van der Waals surface area contributed by atoms with Gasteiger partial charge in [-0.15, -0.1) is 6.58 Å². The number of hydrogen-bond donors (Lipinski definition) is 1. The first kappa shape index (κ1) is 17.8. The highest BCUT2D eigenvalue weighted by molar-refractivity contribution is 5.99. The van der Waals surface area contributed by atoms with Gasteiger partial charge in [0, 0.05) is 6.42 Å². The maximum absolute atomic E-state index is 13.6. The Morgan fingerprint density at radius 1 is 1.33 bits per heavy atom. The van der Waals surface area contributed by atoms with Crippen LogP contribution in [0.25, 0.3) is 0 Å². The van der Waals surface area contributed by atoms with E-state index in [9.17, 15) is 18.8 Å². The number of hydrogen-bond acceptors (Lipinski definition) is 4. The number of halogens is 1. The Morgan fingerprint density at radius 2 is 2.08 bits per heavy atom. The van der Waals surface area contributed by atoms with E-state index >= 15 is 0 Å². The van der Waals surface area contributed by atoms with Crippen LogP contribution in [0.3, 0.4) is 0 Å². The number of ketones is 1. The van der Waals surface area contributed by atoms with Crippen molar-refractivity contribution in [3.8, 4) is 0 Å². The van der Waals surface area contributed by atoms with Gasteiger partial charge in [0.1, 0.15) is 11.4 Å². The van der Waals surface area contributed by atoms with Crippen molar-refractivity contribution in [3.05, 3.63) is 48.3 Å². The second-order valence-corrected chi connectivity index (χ2v) is 5.81. The topological polar surface area (TPSA) is 72.5 Å². The van der Waals surface area contributed by atoms with Crippen molar-refractivity contribution in [2.45, 2.75) is 37.6 Å². The minimum atomic E-state index is -1.20. The molecular weight excluding hydrogens is 313 g/mol. The number of esters is 1. The minimum absolute atomic E-state index is 0.132. The standard InChI is InChI=1S/C18H20FNO4/c1-2-10-18(11-6-5-9-16(22)20-18)17(23)24-12-15(21)13-7-3-4-8-14(13)19/h2-4,7-8H,1,5-6,9-12H2,(H,20,22)/t18-/m1/s1. The predicted molar refractivity (Wildman–Crippen MR) is 85.8 cm³/mol. The van der Waals surface area contributed by atoms with Gasteiger partial charge in [0.2, 0.25) is 11.7 Å². The van der Waals surface area contributed by atoms with Crippen molar-refractivity contribution in [1.82, 2.24) is 5.32 Å². The van der Waals surface area contributed by atoms with Crippen LogP contribution in [0.2, 0.25) is 0 Å². The van der Waals surface area contributed by atoms with Gasteiger partial charge in [-0.2, -0.15) is 0 Å². The Labute approximate surface area is 139 Å². The van der Waals surface area contributed by atoms with E-state index in [4.69, 9.17) is 4.74 Å². The van der Waals surface area contributed by atoms with Gasteiger partial charge in [-0.1, -0.05) is 18.2 Å². The molecule has 1 fully saturated rings. The molecule has 5 nitrogen and oxygen atoms in total. The first-order valence-corrected chi connectivity index (χ1v) is 7.85. The molecule has 1 aromatic rings. The van der Waals surface area contributed by atoms with Crippen LogP contribution in [-0.4, -0.2) is 29.8 Å². The lowest BCUT2D eigenvalue weighted by atomic mass is 9.90. The maximum Gasteiger partial charge on any atom is 0.332 e. The molecule has 1 atom stereocenters.